The lowest BCUT2D eigenvalue weighted by molar-refractivity contribution is -0.123. The van der Waals surface area contributed by atoms with Crippen LogP contribution in [0.15, 0.2) is 89.8 Å². The van der Waals surface area contributed by atoms with Gasteiger partial charge in [0.05, 0.1) is 11.4 Å². The number of rotatable bonds is 6. The Bertz CT molecular complexity index is 1480. The summed E-state index contributed by atoms with van der Waals surface area (Å²) in [5.41, 5.74) is 2.52. The summed E-state index contributed by atoms with van der Waals surface area (Å²) in [6.45, 7) is 0.509. The zero-order valence-corrected chi connectivity index (χ0v) is 20.7. The molecule has 5 rings (SSSR count). The van der Waals surface area contributed by atoms with Crippen LogP contribution in [0.25, 0.3) is 16.8 Å². The summed E-state index contributed by atoms with van der Waals surface area (Å²) < 4.78 is 6.05. The lowest BCUT2D eigenvalue weighted by Crippen LogP contribution is -2.27. The second kappa shape index (κ2) is 10.2. The molecule has 0 spiro atoms. The normalized spacial score (nSPS) is 14.8. The van der Waals surface area contributed by atoms with Crippen LogP contribution in [0.2, 0.25) is 10.0 Å². The number of thioether (sulfide) groups is 1. The summed E-state index contributed by atoms with van der Waals surface area (Å²) in [6.07, 6.45) is 1.71. The molecule has 0 aromatic heterocycles. The van der Waals surface area contributed by atoms with Gasteiger partial charge in [-0.15, -0.1) is 0 Å². The van der Waals surface area contributed by atoms with Gasteiger partial charge in [0, 0.05) is 10.0 Å². The van der Waals surface area contributed by atoms with Gasteiger partial charge in [0.2, 0.25) is 0 Å². The molecule has 0 bridgehead atoms. The number of benzene rings is 4. The predicted octanol–water partition coefficient (Wildman–Crippen LogP) is 7.96. The SMILES string of the molecule is O=C1S/C(=C\c2cccc(OCc3cccc4ccccc34)c2)C(=O)N1Cc1ccc(Cl)cc1Cl. The van der Waals surface area contributed by atoms with Gasteiger partial charge in [-0.05, 0) is 69.6 Å². The van der Waals surface area contributed by atoms with E-state index in [0.717, 1.165) is 33.7 Å². The molecule has 35 heavy (non-hydrogen) atoms. The number of fused-ring (bicyclic) bond motifs is 1. The summed E-state index contributed by atoms with van der Waals surface area (Å²) in [6, 6.07) is 26.8. The van der Waals surface area contributed by atoms with Crippen molar-refractivity contribution in [3.8, 4) is 5.75 Å². The van der Waals surface area contributed by atoms with E-state index in [4.69, 9.17) is 27.9 Å². The van der Waals surface area contributed by atoms with E-state index in [-0.39, 0.29) is 17.7 Å². The van der Waals surface area contributed by atoms with Gasteiger partial charge >= 0.3 is 0 Å². The van der Waals surface area contributed by atoms with Crippen molar-refractivity contribution < 1.29 is 14.3 Å². The molecule has 7 heteroatoms. The zero-order valence-electron chi connectivity index (χ0n) is 18.4. The van der Waals surface area contributed by atoms with Crippen LogP contribution in [-0.4, -0.2) is 16.0 Å². The quantitative estimate of drug-likeness (QED) is 0.242. The molecule has 0 atom stereocenters. The van der Waals surface area contributed by atoms with E-state index in [9.17, 15) is 9.59 Å². The molecule has 0 saturated carbocycles. The molecule has 2 amide bonds. The standard InChI is InChI=1S/C28H19Cl2NO3S/c29-22-12-11-20(25(30)15-22)16-31-27(32)26(35-28(31)33)14-18-5-3-9-23(13-18)34-17-21-8-4-7-19-6-1-2-10-24(19)21/h1-15H,16-17H2/b26-14-. The second-order valence-corrected chi connectivity index (χ2v) is 9.84. The number of imide groups is 1. The Hall–Kier alpha value is -3.25. The van der Waals surface area contributed by atoms with Crippen LogP contribution in [0.1, 0.15) is 16.7 Å². The van der Waals surface area contributed by atoms with Gasteiger partial charge in [0.15, 0.2) is 0 Å². The summed E-state index contributed by atoms with van der Waals surface area (Å²) in [4.78, 5) is 27.0. The van der Waals surface area contributed by atoms with E-state index >= 15 is 0 Å². The monoisotopic (exact) mass is 519 g/mol. The van der Waals surface area contributed by atoms with Crippen molar-refractivity contribution in [2.75, 3.05) is 0 Å². The van der Waals surface area contributed by atoms with Gasteiger partial charge < -0.3 is 4.74 Å². The van der Waals surface area contributed by atoms with Crippen molar-refractivity contribution in [3.63, 3.8) is 0 Å². The Balaban J connectivity index is 1.31. The Kier molecular flexibility index (Phi) is 6.82. The minimum absolute atomic E-state index is 0.0895. The van der Waals surface area contributed by atoms with E-state index < -0.39 is 0 Å². The fourth-order valence-electron chi connectivity index (χ4n) is 3.88. The first-order valence-electron chi connectivity index (χ1n) is 10.9. The second-order valence-electron chi connectivity index (χ2n) is 8.00. The molecule has 1 saturated heterocycles. The molecule has 4 nitrogen and oxygen atoms in total. The molecule has 4 aromatic carbocycles. The number of ether oxygens (including phenoxy) is 1. The van der Waals surface area contributed by atoms with Crippen molar-refractivity contribution in [1.82, 2.24) is 4.90 Å². The first-order chi connectivity index (χ1) is 17.0. The Morgan fingerprint density at radius 1 is 0.857 bits per heavy atom. The maximum Gasteiger partial charge on any atom is 0.293 e. The van der Waals surface area contributed by atoms with E-state index in [0.29, 0.717) is 32.9 Å². The van der Waals surface area contributed by atoms with Crippen molar-refractivity contribution in [1.29, 1.82) is 0 Å². The Labute approximate surface area is 217 Å². The molecule has 174 valence electrons. The van der Waals surface area contributed by atoms with Crippen molar-refractivity contribution in [2.45, 2.75) is 13.2 Å². The first-order valence-corrected chi connectivity index (χ1v) is 12.4. The van der Waals surface area contributed by atoms with E-state index in [1.54, 1.807) is 24.3 Å². The Morgan fingerprint density at radius 2 is 1.66 bits per heavy atom. The summed E-state index contributed by atoms with van der Waals surface area (Å²) in [7, 11) is 0. The maximum atomic E-state index is 12.9. The first kappa shape index (κ1) is 23.5. The van der Waals surface area contributed by atoms with Crippen LogP contribution in [0.4, 0.5) is 4.79 Å². The predicted molar refractivity (Wildman–Crippen MR) is 143 cm³/mol. The van der Waals surface area contributed by atoms with Gasteiger partial charge in [-0.3, -0.25) is 14.5 Å². The van der Waals surface area contributed by atoms with Crippen LogP contribution in [-0.2, 0) is 17.9 Å². The van der Waals surface area contributed by atoms with Gasteiger partial charge in [0.1, 0.15) is 12.4 Å². The minimum atomic E-state index is -0.354. The maximum absolute atomic E-state index is 12.9. The molecule has 0 N–H and O–H groups in total. The minimum Gasteiger partial charge on any atom is -0.489 e. The molecule has 0 aliphatic carbocycles. The number of nitrogens with zero attached hydrogens (tertiary/aromatic N) is 1. The highest BCUT2D eigenvalue weighted by atomic mass is 35.5. The average Bonchev–Trinajstić information content (AvgIpc) is 3.11. The highest BCUT2D eigenvalue weighted by Gasteiger charge is 2.35. The van der Waals surface area contributed by atoms with Gasteiger partial charge in [-0.25, -0.2) is 0 Å². The summed E-state index contributed by atoms with van der Waals surface area (Å²) in [5.74, 6) is 0.326. The van der Waals surface area contributed by atoms with Crippen molar-refractivity contribution in [3.05, 3.63) is 117 Å². The molecule has 1 aliphatic heterocycles. The number of carbonyl (C=O) groups is 2. The third-order valence-electron chi connectivity index (χ3n) is 5.65. The fraction of sp³-hybridized carbons (Fsp3) is 0.0714. The summed E-state index contributed by atoms with van der Waals surface area (Å²) in [5, 5.41) is 2.89. The van der Waals surface area contributed by atoms with Gasteiger partial charge in [0.25, 0.3) is 11.1 Å². The van der Waals surface area contributed by atoms with Crippen molar-refractivity contribution in [2.24, 2.45) is 0 Å². The third kappa shape index (κ3) is 5.22. The highest BCUT2D eigenvalue weighted by Crippen LogP contribution is 2.35. The Morgan fingerprint density at radius 3 is 2.51 bits per heavy atom. The smallest absolute Gasteiger partial charge is 0.293 e. The number of hydrogen-bond donors (Lipinski definition) is 0. The molecule has 1 fully saturated rings. The number of hydrogen-bond acceptors (Lipinski definition) is 4. The lowest BCUT2D eigenvalue weighted by atomic mass is 10.1. The van der Waals surface area contributed by atoms with E-state index in [1.165, 1.54) is 4.90 Å². The molecule has 1 aliphatic rings. The van der Waals surface area contributed by atoms with Crippen LogP contribution < -0.4 is 4.74 Å². The number of halogens is 2. The van der Waals surface area contributed by atoms with Crippen LogP contribution >= 0.6 is 35.0 Å². The van der Waals surface area contributed by atoms with E-state index in [2.05, 4.69) is 24.3 Å². The molecule has 1 heterocycles. The van der Waals surface area contributed by atoms with Crippen LogP contribution in [0, 0.1) is 0 Å². The van der Waals surface area contributed by atoms with Gasteiger partial charge in [-0.1, -0.05) is 83.9 Å². The van der Waals surface area contributed by atoms with E-state index in [1.807, 2.05) is 42.5 Å². The topological polar surface area (TPSA) is 46.6 Å². The van der Waals surface area contributed by atoms with Crippen LogP contribution in [0.3, 0.4) is 0 Å². The number of amides is 2. The lowest BCUT2D eigenvalue weighted by Gasteiger charge is -2.13. The zero-order chi connectivity index (χ0) is 24.4. The van der Waals surface area contributed by atoms with Gasteiger partial charge in [-0.2, -0.15) is 0 Å². The highest BCUT2D eigenvalue weighted by molar-refractivity contribution is 8.18. The molecule has 0 radical (unpaired) electrons. The third-order valence-corrected chi connectivity index (χ3v) is 7.14. The number of carbonyl (C=O) groups excluding carboxylic acids is 2. The molecule has 0 unspecified atom stereocenters. The fourth-order valence-corrected chi connectivity index (χ4v) is 5.19. The average molecular weight is 520 g/mol. The molecular formula is C28H19Cl2NO3S. The largest absolute Gasteiger partial charge is 0.489 e. The summed E-state index contributed by atoms with van der Waals surface area (Å²) >= 11 is 13.1. The van der Waals surface area contributed by atoms with Crippen molar-refractivity contribution >= 4 is 63.0 Å². The molecular weight excluding hydrogens is 501 g/mol. The molecule has 4 aromatic rings. The van der Waals surface area contributed by atoms with Crippen LogP contribution in [0.5, 0.6) is 5.75 Å².